The van der Waals surface area contributed by atoms with Crippen molar-refractivity contribution in [2.45, 2.75) is 71.4 Å². The Morgan fingerprint density at radius 2 is 1.51 bits per heavy atom. The lowest BCUT2D eigenvalue weighted by Crippen LogP contribution is -2.60. The fourth-order valence-electron chi connectivity index (χ4n) is 4.48. The van der Waals surface area contributed by atoms with Gasteiger partial charge in [-0.25, -0.2) is 4.79 Å². The number of carbonyl (C=O) groups is 3. The van der Waals surface area contributed by atoms with E-state index in [1.54, 1.807) is 27.7 Å². The van der Waals surface area contributed by atoms with Crippen molar-refractivity contribution in [3.63, 3.8) is 0 Å². The van der Waals surface area contributed by atoms with Gasteiger partial charge in [0, 0.05) is 12.0 Å². The molecular weight excluding hydrogens is 444 g/mol. The molecule has 7 heteroatoms. The van der Waals surface area contributed by atoms with Crippen LogP contribution in [0.25, 0.3) is 11.1 Å². The largest absolute Gasteiger partial charge is 0.481 e. The van der Waals surface area contributed by atoms with E-state index in [1.807, 2.05) is 31.2 Å². The van der Waals surface area contributed by atoms with Gasteiger partial charge < -0.3 is 20.5 Å². The van der Waals surface area contributed by atoms with E-state index in [0.29, 0.717) is 6.42 Å². The summed E-state index contributed by atoms with van der Waals surface area (Å²) in [6, 6.07) is 15.8. The predicted molar refractivity (Wildman–Crippen MR) is 135 cm³/mol. The third-order valence-corrected chi connectivity index (χ3v) is 7.28. The van der Waals surface area contributed by atoms with E-state index in [0.717, 1.165) is 28.7 Å². The summed E-state index contributed by atoms with van der Waals surface area (Å²) in [4.78, 5) is 37.1. The van der Waals surface area contributed by atoms with Crippen LogP contribution in [0.1, 0.15) is 70.9 Å². The summed E-state index contributed by atoms with van der Waals surface area (Å²) in [5, 5.41) is 14.9. The van der Waals surface area contributed by atoms with Crippen LogP contribution >= 0.6 is 0 Å². The maximum atomic E-state index is 13.1. The van der Waals surface area contributed by atoms with Crippen LogP contribution < -0.4 is 10.6 Å². The molecule has 2 amide bonds. The first-order valence-electron chi connectivity index (χ1n) is 12.1. The number of carbonyl (C=O) groups excluding carboxylic acids is 2. The first-order chi connectivity index (χ1) is 16.5. The van der Waals surface area contributed by atoms with E-state index in [9.17, 15) is 14.4 Å². The molecule has 35 heavy (non-hydrogen) atoms. The summed E-state index contributed by atoms with van der Waals surface area (Å²) in [6.07, 6.45) is 0.568. The minimum atomic E-state index is -1.02. The normalized spacial score (nSPS) is 14.0. The Labute approximate surface area is 207 Å². The Morgan fingerprint density at radius 3 is 2.03 bits per heavy atom. The maximum absolute atomic E-state index is 13.1. The molecule has 1 aliphatic rings. The van der Waals surface area contributed by atoms with Gasteiger partial charge in [-0.1, -0.05) is 61.9 Å². The molecule has 0 radical (unpaired) electrons. The van der Waals surface area contributed by atoms with Gasteiger partial charge in [0.15, 0.2) is 0 Å². The zero-order chi connectivity index (χ0) is 25.8. The van der Waals surface area contributed by atoms with Gasteiger partial charge in [-0.2, -0.15) is 0 Å². The van der Waals surface area contributed by atoms with E-state index in [-0.39, 0.29) is 24.9 Å². The lowest BCUT2D eigenvalue weighted by molar-refractivity contribution is -0.138. The molecule has 0 heterocycles. The van der Waals surface area contributed by atoms with E-state index < -0.39 is 29.1 Å². The second kappa shape index (κ2) is 10.5. The van der Waals surface area contributed by atoms with E-state index >= 15 is 0 Å². The number of nitrogens with one attached hydrogen (secondary N) is 2. The van der Waals surface area contributed by atoms with Crippen molar-refractivity contribution in [2.75, 3.05) is 6.61 Å². The van der Waals surface area contributed by atoms with Crippen LogP contribution in [0.4, 0.5) is 4.79 Å². The van der Waals surface area contributed by atoms with Crippen LogP contribution in [0.3, 0.4) is 0 Å². The van der Waals surface area contributed by atoms with Gasteiger partial charge in [0.25, 0.3) is 0 Å². The highest BCUT2D eigenvalue weighted by atomic mass is 16.5. The Kier molecular flexibility index (Phi) is 7.88. The van der Waals surface area contributed by atoms with Gasteiger partial charge in [-0.05, 0) is 56.4 Å². The Bertz CT molecular complexity index is 1050. The molecule has 2 aromatic carbocycles. The molecule has 0 spiro atoms. The molecule has 0 fully saturated rings. The second-order valence-electron chi connectivity index (χ2n) is 10.3. The number of carboxylic acid groups (broad SMARTS) is 1. The number of rotatable bonds is 10. The Hall–Kier alpha value is -3.35. The van der Waals surface area contributed by atoms with Gasteiger partial charge in [0.05, 0.1) is 17.4 Å². The molecule has 2 aromatic rings. The summed E-state index contributed by atoms with van der Waals surface area (Å²) in [6.45, 7) is 9.11. The Balaban J connectivity index is 1.66. The summed E-state index contributed by atoms with van der Waals surface area (Å²) in [7, 11) is 0. The highest BCUT2D eigenvalue weighted by Crippen LogP contribution is 2.44. The molecule has 1 unspecified atom stereocenters. The fraction of sp³-hybridized carbons (Fsp3) is 0.464. The SMILES string of the molecule is CCCC(CC(=O)O)NC(=O)C(C)(C)C(C)(C)NC(=O)OCC1c2ccccc2-c2ccccc21. The first kappa shape index (κ1) is 26.3. The van der Waals surface area contributed by atoms with Crippen molar-refractivity contribution in [2.24, 2.45) is 5.41 Å². The number of aliphatic carboxylic acids is 1. The summed E-state index contributed by atoms with van der Waals surface area (Å²) >= 11 is 0. The number of hydrogen-bond acceptors (Lipinski definition) is 4. The van der Waals surface area contributed by atoms with Crippen LogP contribution in [0.2, 0.25) is 0 Å². The number of hydrogen-bond donors (Lipinski definition) is 3. The molecule has 0 aromatic heterocycles. The number of ether oxygens (including phenoxy) is 1. The molecule has 0 saturated carbocycles. The number of alkyl carbamates (subject to hydrolysis) is 1. The molecule has 0 saturated heterocycles. The third-order valence-electron chi connectivity index (χ3n) is 7.28. The summed E-state index contributed by atoms with van der Waals surface area (Å²) in [5.41, 5.74) is 2.57. The van der Waals surface area contributed by atoms with Crippen LogP contribution in [-0.2, 0) is 14.3 Å². The monoisotopic (exact) mass is 480 g/mol. The molecule has 1 atom stereocenters. The van der Waals surface area contributed by atoms with Gasteiger partial charge in [0.1, 0.15) is 6.61 Å². The van der Waals surface area contributed by atoms with Crippen molar-refractivity contribution in [3.8, 4) is 11.1 Å². The van der Waals surface area contributed by atoms with Gasteiger partial charge in [-0.15, -0.1) is 0 Å². The second-order valence-corrected chi connectivity index (χ2v) is 10.3. The number of carboxylic acids is 1. The Morgan fingerprint density at radius 1 is 0.971 bits per heavy atom. The van der Waals surface area contributed by atoms with Crippen molar-refractivity contribution in [3.05, 3.63) is 59.7 Å². The standard InChI is InChI=1S/C28H36N2O5/c1-6-11-18(16-24(31)32)29-25(33)27(2,3)28(4,5)30-26(34)35-17-23-21-14-9-7-12-19(21)20-13-8-10-15-22(20)23/h7-10,12-15,18,23H,6,11,16-17H2,1-5H3,(H,29,33)(H,30,34)(H,31,32). The van der Waals surface area contributed by atoms with Crippen LogP contribution in [0.5, 0.6) is 0 Å². The number of fused-ring (bicyclic) bond motifs is 3. The highest BCUT2D eigenvalue weighted by molar-refractivity contribution is 5.85. The van der Waals surface area contributed by atoms with Crippen LogP contribution in [0.15, 0.2) is 48.5 Å². The minimum Gasteiger partial charge on any atom is -0.481 e. The van der Waals surface area contributed by atoms with Gasteiger partial charge in [-0.3, -0.25) is 9.59 Å². The maximum Gasteiger partial charge on any atom is 0.407 e. The zero-order valence-corrected chi connectivity index (χ0v) is 21.2. The smallest absolute Gasteiger partial charge is 0.407 e. The first-order valence-corrected chi connectivity index (χ1v) is 12.1. The molecule has 3 rings (SSSR count). The van der Waals surface area contributed by atoms with E-state index in [4.69, 9.17) is 9.84 Å². The zero-order valence-electron chi connectivity index (χ0n) is 21.2. The third kappa shape index (κ3) is 5.66. The molecule has 3 N–H and O–H groups in total. The van der Waals surface area contributed by atoms with Gasteiger partial charge in [0.2, 0.25) is 5.91 Å². The van der Waals surface area contributed by atoms with Crippen LogP contribution in [0, 0.1) is 5.41 Å². The highest BCUT2D eigenvalue weighted by Gasteiger charge is 2.45. The topological polar surface area (TPSA) is 105 Å². The average molecular weight is 481 g/mol. The molecule has 188 valence electrons. The molecule has 1 aliphatic carbocycles. The van der Waals surface area contributed by atoms with Crippen molar-refractivity contribution >= 4 is 18.0 Å². The van der Waals surface area contributed by atoms with E-state index in [1.165, 1.54) is 0 Å². The van der Waals surface area contributed by atoms with Crippen molar-refractivity contribution < 1.29 is 24.2 Å². The predicted octanol–water partition coefficient (Wildman–Crippen LogP) is 5.09. The quantitative estimate of drug-likeness (QED) is 0.439. The van der Waals surface area contributed by atoms with Gasteiger partial charge >= 0.3 is 12.1 Å². The van der Waals surface area contributed by atoms with Crippen molar-refractivity contribution in [1.29, 1.82) is 0 Å². The lowest BCUT2D eigenvalue weighted by atomic mass is 9.73. The number of benzene rings is 2. The average Bonchev–Trinajstić information content (AvgIpc) is 3.10. The molecule has 0 aliphatic heterocycles. The van der Waals surface area contributed by atoms with E-state index in [2.05, 4.69) is 34.9 Å². The summed E-state index contributed by atoms with van der Waals surface area (Å²) in [5.74, 6) is -1.34. The molecule has 0 bridgehead atoms. The van der Waals surface area contributed by atoms with Crippen molar-refractivity contribution in [1.82, 2.24) is 10.6 Å². The molecule has 7 nitrogen and oxygen atoms in total. The van der Waals surface area contributed by atoms with Crippen LogP contribution in [-0.4, -0.2) is 41.3 Å². The minimum absolute atomic E-state index is 0.0570. The summed E-state index contributed by atoms with van der Waals surface area (Å²) < 4.78 is 5.66. The molecular formula is C28H36N2O5. The number of amides is 2. The lowest BCUT2D eigenvalue weighted by Gasteiger charge is -2.41. The fourth-order valence-corrected chi connectivity index (χ4v) is 4.48.